The number of aromatic carboxylic acids is 1. The summed E-state index contributed by atoms with van der Waals surface area (Å²) in [5, 5.41) is 10.9. The summed E-state index contributed by atoms with van der Waals surface area (Å²) < 4.78 is 8.08. The molecule has 33 heavy (non-hydrogen) atoms. The number of carboxylic acid groups (broad SMARTS) is 1. The molecule has 2 fully saturated rings. The van der Waals surface area contributed by atoms with Gasteiger partial charge in [-0.3, -0.25) is 0 Å². The molecule has 1 aromatic carbocycles. The van der Waals surface area contributed by atoms with Crippen LogP contribution in [0.25, 0.3) is 10.9 Å². The van der Waals surface area contributed by atoms with E-state index in [9.17, 15) is 14.7 Å². The van der Waals surface area contributed by atoms with Crippen molar-refractivity contribution >= 4 is 28.6 Å². The summed E-state index contributed by atoms with van der Waals surface area (Å²) in [7, 11) is 0. The van der Waals surface area contributed by atoms with E-state index in [1.54, 1.807) is 12.0 Å². The summed E-state index contributed by atoms with van der Waals surface area (Å²) in [5.74, 6) is 1.32. The van der Waals surface area contributed by atoms with Crippen LogP contribution in [0.3, 0.4) is 0 Å². The average molecular weight is 452 g/mol. The minimum atomic E-state index is -1.01. The van der Waals surface area contributed by atoms with Crippen LogP contribution in [-0.4, -0.2) is 38.6 Å². The first-order valence-corrected chi connectivity index (χ1v) is 11.3. The molecule has 1 saturated heterocycles. The van der Waals surface area contributed by atoms with E-state index in [4.69, 9.17) is 9.57 Å². The minimum absolute atomic E-state index is 0.115. The number of benzene rings is 1. The summed E-state index contributed by atoms with van der Waals surface area (Å²) in [5.41, 5.74) is 3.73. The van der Waals surface area contributed by atoms with Crippen molar-refractivity contribution in [3.05, 3.63) is 41.4 Å². The number of carboxylic acids is 1. The lowest BCUT2D eigenvalue weighted by molar-refractivity contribution is -0.161. The number of amidine groups is 1. The highest BCUT2D eigenvalue weighted by atomic mass is 16.7. The van der Waals surface area contributed by atoms with Crippen LogP contribution in [0.2, 0.25) is 0 Å². The fraction of sp³-hybridized carbons (Fsp3) is 0.520. The maximum atomic E-state index is 12.3. The lowest BCUT2D eigenvalue weighted by Crippen LogP contribution is -2.44. The second-order valence-electron chi connectivity index (χ2n) is 10.8. The third kappa shape index (κ3) is 3.45. The minimum Gasteiger partial charge on any atom is -0.477 e. The molecule has 0 radical (unpaired) electrons. The molecule has 8 nitrogen and oxygen atoms in total. The molecular formula is C25H29N3O5. The SMILES string of the molecule is C[C@H]1C[C@]1(C1=NC(=C=O)ON1)n1c(C(=O)O)cc2cc(C3CC(C)(C)OC(C)(C)C3)ccc21. The Morgan fingerprint density at radius 3 is 2.39 bits per heavy atom. The van der Waals surface area contributed by atoms with Crippen molar-refractivity contribution in [3.8, 4) is 0 Å². The Morgan fingerprint density at radius 1 is 1.18 bits per heavy atom. The Morgan fingerprint density at radius 2 is 1.85 bits per heavy atom. The molecule has 1 aromatic heterocycles. The maximum Gasteiger partial charge on any atom is 0.352 e. The maximum absolute atomic E-state index is 12.3. The van der Waals surface area contributed by atoms with E-state index in [0.29, 0.717) is 18.2 Å². The Labute approximate surface area is 192 Å². The molecule has 0 amide bonds. The smallest absolute Gasteiger partial charge is 0.352 e. The molecule has 2 aromatic rings. The van der Waals surface area contributed by atoms with Gasteiger partial charge in [0.15, 0.2) is 11.8 Å². The topological polar surface area (TPSA) is 102 Å². The van der Waals surface area contributed by atoms with Crippen molar-refractivity contribution in [1.29, 1.82) is 0 Å². The summed E-state index contributed by atoms with van der Waals surface area (Å²) in [6.07, 6.45) is 2.48. The van der Waals surface area contributed by atoms with Crippen LogP contribution >= 0.6 is 0 Å². The highest BCUT2D eigenvalue weighted by molar-refractivity contribution is 6.01. The summed E-state index contributed by atoms with van der Waals surface area (Å²) in [6.45, 7) is 10.5. The van der Waals surface area contributed by atoms with Crippen molar-refractivity contribution < 1.29 is 24.3 Å². The van der Waals surface area contributed by atoms with Crippen LogP contribution in [-0.2, 0) is 19.9 Å². The Kier molecular flexibility index (Phi) is 4.58. The monoisotopic (exact) mass is 451 g/mol. The molecule has 5 rings (SSSR count). The van der Waals surface area contributed by atoms with Crippen LogP contribution in [0.5, 0.6) is 0 Å². The van der Waals surface area contributed by atoms with E-state index in [1.165, 1.54) is 5.56 Å². The highest BCUT2D eigenvalue weighted by Crippen LogP contribution is 2.54. The Hall–Kier alpha value is -3.09. The Bertz CT molecular complexity index is 1230. The first-order chi connectivity index (χ1) is 15.5. The third-order valence-electron chi connectivity index (χ3n) is 7.17. The predicted octanol–water partition coefficient (Wildman–Crippen LogP) is 4.13. The van der Waals surface area contributed by atoms with Gasteiger partial charge in [0.05, 0.1) is 11.2 Å². The van der Waals surface area contributed by atoms with Crippen LogP contribution in [0, 0.1) is 5.92 Å². The van der Waals surface area contributed by atoms with Gasteiger partial charge < -0.3 is 19.2 Å². The molecule has 174 valence electrons. The predicted molar refractivity (Wildman–Crippen MR) is 123 cm³/mol. The Balaban J connectivity index is 1.62. The molecule has 2 atom stereocenters. The molecule has 3 heterocycles. The molecule has 0 bridgehead atoms. The lowest BCUT2D eigenvalue weighted by Gasteiger charge is -2.45. The molecule has 3 aliphatic rings. The molecular weight excluding hydrogens is 422 g/mol. The molecule has 0 spiro atoms. The standard InChI is InChI=1S/C25H29N3O5/c1-14-10-25(14,22-26-20(13-29)32-27-22)28-18-7-6-15(8-16(18)9-19(28)21(30)31)17-11-23(2,3)33-24(4,5)12-17/h6-9,14,17H,10-12H2,1-5H3,(H,26,27)(H,30,31)/t14-,25-/m0/s1. The zero-order valence-electron chi connectivity index (χ0n) is 19.6. The van der Waals surface area contributed by atoms with Crippen molar-refractivity contribution in [2.45, 2.75) is 76.5 Å². The number of ether oxygens (including phenoxy) is 1. The van der Waals surface area contributed by atoms with Crippen molar-refractivity contribution in [1.82, 2.24) is 10.0 Å². The van der Waals surface area contributed by atoms with Crippen LogP contribution in [0.4, 0.5) is 0 Å². The number of carbonyl (C=O) groups is 1. The molecule has 2 N–H and O–H groups in total. The van der Waals surface area contributed by atoms with E-state index in [1.807, 2.05) is 17.6 Å². The molecule has 2 aliphatic heterocycles. The second-order valence-corrected chi connectivity index (χ2v) is 10.8. The van der Waals surface area contributed by atoms with Crippen LogP contribution in [0.1, 0.15) is 75.9 Å². The normalized spacial score (nSPS) is 28.1. The summed E-state index contributed by atoms with van der Waals surface area (Å²) in [6, 6.07) is 7.95. The number of fused-ring (bicyclic) bond motifs is 1. The van der Waals surface area contributed by atoms with Gasteiger partial charge in [-0.25, -0.2) is 15.1 Å². The van der Waals surface area contributed by atoms with E-state index in [0.717, 1.165) is 23.7 Å². The number of hydroxylamine groups is 1. The molecule has 0 unspecified atom stereocenters. The van der Waals surface area contributed by atoms with Gasteiger partial charge in [-0.1, -0.05) is 13.0 Å². The number of aromatic nitrogens is 1. The van der Waals surface area contributed by atoms with Crippen molar-refractivity contribution in [3.63, 3.8) is 0 Å². The summed E-state index contributed by atoms with van der Waals surface area (Å²) in [4.78, 5) is 32.6. The first-order valence-electron chi connectivity index (χ1n) is 11.3. The number of nitrogens with zero attached hydrogens (tertiary/aromatic N) is 2. The zero-order chi connectivity index (χ0) is 23.8. The van der Waals surface area contributed by atoms with Crippen molar-refractivity contribution in [2.24, 2.45) is 10.9 Å². The van der Waals surface area contributed by atoms with E-state index in [-0.39, 0.29) is 28.7 Å². The van der Waals surface area contributed by atoms with E-state index in [2.05, 4.69) is 50.3 Å². The van der Waals surface area contributed by atoms with Gasteiger partial charge in [0.1, 0.15) is 11.2 Å². The highest BCUT2D eigenvalue weighted by Gasteiger charge is 2.60. The number of aliphatic imine (C=N–C) groups is 1. The van der Waals surface area contributed by atoms with Gasteiger partial charge in [-0.05, 0) is 82.6 Å². The van der Waals surface area contributed by atoms with Gasteiger partial charge in [0, 0.05) is 10.9 Å². The molecule has 1 aliphatic carbocycles. The van der Waals surface area contributed by atoms with Gasteiger partial charge in [-0.15, -0.1) is 0 Å². The quantitative estimate of drug-likeness (QED) is 0.678. The van der Waals surface area contributed by atoms with Gasteiger partial charge in [0.2, 0.25) is 0 Å². The fourth-order valence-corrected chi connectivity index (χ4v) is 6.03. The number of rotatable bonds is 4. The lowest BCUT2D eigenvalue weighted by atomic mass is 9.77. The number of hydrogen-bond acceptors (Lipinski definition) is 6. The zero-order valence-corrected chi connectivity index (χ0v) is 19.6. The molecule has 8 heteroatoms. The number of carbonyl (C=O) groups excluding carboxylic acids is 1. The molecule has 1 saturated carbocycles. The summed E-state index contributed by atoms with van der Waals surface area (Å²) >= 11 is 0. The number of nitrogens with one attached hydrogen (secondary N) is 1. The van der Waals surface area contributed by atoms with Gasteiger partial charge in [0.25, 0.3) is 0 Å². The average Bonchev–Trinajstić information content (AvgIpc) is 3.08. The first kappa shape index (κ1) is 21.7. The van der Waals surface area contributed by atoms with Gasteiger partial charge >= 0.3 is 11.9 Å². The number of hydrogen-bond donors (Lipinski definition) is 2. The third-order valence-corrected chi connectivity index (χ3v) is 7.17. The van der Waals surface area contributed by atoms with E-state index >= 15 is 0 Å². The van der Waals surface area contributed by atoms with Crippen LogP contribution in [0.15, 0.2) is 35.1 Å². The van der Waals surface area contributed by atoms with Gasteiger partial charge in [-0.2, -0.15) is 4.99 Å². The largest absolute Gasteiger partial charge is 0.477 e. The van der Waals surface area contributed by atoms with Crippen molar-refractivity contribution in [2.75, 3.05) is 0 Å². The fourth-order valence-electron chi connectivity index (χ4n) is 6.03. The van der Waals surface area contributed by atoms with Crippen LogP contribution < -0.4 is 5.48 Å². The van der Waals surface area contributed by atoms with E-state index < -0.39 is 11.5 Å². The second kappa shape index (κ2) is 6.95.